The van der Waals surface area contributed by atoms with Gasteiger partial charge in [0.15, 0.2) is 10.6 Å². The third-order valence-electron chi connectivity index (χ3n) is 6.03. The largest absolute Gasteiger partial charge is 0.414 e. The number of halogens is 1. The lowest BCUT2D eigenvalue weighted by molar-refractivity contribution is -0.125. The first kappa shape index (κ1) is 23.0. The number of anilines is 2. The Morgan fingerprint density at radius 3 is 2.76 bits per heavy atom. The number of hydrogen-bond acceptors (Lipinski definition) is 7. The number of aryl methyl sites for hydroxylation is 1. The summed E-state index contributed by atoms with van der Waals surface area (Å²) in [5.74, 6) is -0.500. The molecule has 9 nitrogen and oxygen atoms in total. The molecule has 0 saturated carbocycles. The van der Waals surface area contributed by atoms with E-state index in [9.17, 15) is 14.4 Å². The van der Waals surface area contributed by atoms with Gasteiger partial charge in [-0.25, -0.2) is 4.79 Å². The summed E-state index contributed by atoms with van der Waals surface area (Å²) < 4.78 is 17.2. The van der Waals surface area contributed by atoms with Crippen LogP contribution in [0.5, 0.6) is 5.06 Å². The molecule has 11 heteroatoms. The number of hydrogen-bond donors (Lipinski definition) is 2. The zero-order valence-electron chi connectivity index (χ0n) is 18.2. The quantitative estimate of drug-likeness (QED) is 0.556. The van der Waals surface area contributed by atoms with Gasteiger partial charge in [-0.2, -0.15) is 0 Å². The second kappa shape index (κ2) is 9.14. The number of benzene rings is 1. The number of rotatable bonds is 5. The molecule has 3 amide bonds. The maximum Gasteiger partial charge on any atom is 0.414 e. The summed E-state index contributed by atoms with van der Waals surface area (Å²) in [7, 11) is 0. The van der Waals surface area contributed by atoms with Crippen LogP contribution in [0.1, 0.15) is 12.0 Å². The normalized spacial score (nSPS) is 25.5. The van der Waals surface area contributed by atoms with E-state index in [1.165, 1.54) is 11.3 Å². The van der Waals surface area contributed by atoms with Crippen LogP contribution >= 0.6 is 27.3 Å². The lowest BCUT2D eigenvalue weighted by Crippen LogP contribution is -2.62. The van der Waals surface area contributed by atoms with Crippen molar-refractivity contribution in [1.82, 2.24) is 5.32 Å². The van der Waals surface area contributed by atoms with Crippen LogP contribution in [0.4, 0.5) is 16.2 Å². The molecule has 3 unspecified atom stereocenters. The summed E-state index contributed by atoms with van der Waals surface area (Å²) in [5, 5.41) is 6.08. The van der Waals surface area contributed by atoms with Crippen LogP contribution in [0.3, 0.4) is 0 Å². The highest BCUT2D eigenvalue weighted by Gasteiger charge is 2.56. The van der Waals surface area contributed by atoms with Crippen LogP contribution in [-0.4, -0.2) is 55.4 Å². The van der Waals surface area contributed by atoms with Crippen LogP contribution in [0, 0.1) is 6.92 Å². The van der Waals surface area contributed by atoms with Crippen LogP contribution in [0.25, 0.3) is 0 Å². The molecule has 3 aliphatic rings. The first-order valence-electron chi connectivity index (χ1n) is 10.7. The molecule has 0 spiro atoms. The summed E-state index contributed by atoms with van der Waals surface area (Å²) in [4.78, 5) is 40.0. The minimum atomic E-state index is -1.31. The summed E-state index contributed by atoms with van der Waals surface area (Å²) in [6, 6.07) is 8.78. The summed E-state index contributed by atoms with van der Waals surface area (Å²) >= 11 is 4.60. The molecule has 2 fully saturated rings. The van der Waals surface area contributed by atoms with Crippen molar-refractivity contribution >= 4 is 56.5 Å². The Morgan fingerprint density at radius 1 is 1.26 bits per heavy atom. The molecule has 3 atom stereocenters. The maximum absolute atomic E-state index is 13.5. The fourth-order valence-electron chi connectivity index (χ4n) is 4.44. The van der Waals surface area contributed by atoms with Crippen molar-refractivity contribution in [2.75, 3.05) is 30.0 Å². The first-order valence-corrected chi connectivity index (χ1v) is 12.3. The van der Waals surface area contributed by atoms with E-state index in [0.29, 0.717) is 30.3 Å². The van der Waals surface area contributed by atoms with Gasteiger partial charge >= 0.3 is 6.09 Å². The van der Waals surface area contributed by atoms with Crippen molar-refractivity contribution in [2.24, 2.45) is 0 Å². The minimum Gasteiger partial charge on any atom is -0.399 e. The number of carbonyl (C=O) groups excluding carboxylic acids is 3. The van der Waals surface area contributed by atoms with Gasteiger partial charge in [0.05, 0.1) is 16.5 Å². The van der Waals surface area contributed by atoms with Gasteiger partial charge in [-0.15, -0.1) is 0 Å². The lowest BCUT2D eigenvalue weighted by Gasteiger charge is -2.32. The van der Waals surface area contributed by atoms with Crippen LogP contribution in [0.15, 0.2) is 46.3 Å². The van der Waals surface area contributed by atoms with E-state index in [1.807, 2.05) is 13.0 Å². The van der Waals surface area contributed by atoms with Gasteiger partial charge in [-0.05, 0) is 58.7 Å². The van der Waals surface area contributed by atoms with Gasteiger partial charge in [-0.1, -0.05) is 23.5 Å². The predicted molar refractivity (Wildman–Crippen MR) is 129 cm³/mol. The molecule has 34 heavy (non-hydrogen) atoms. The molecule has 4 heterocycles. The zero-order chi connectivity index (χ0) is 23.9. The molecule has 2 bridgehead atoms. The molecular weight excluding hydrogens is 526 g/mol. The lowest BCUT2D eigenvalue weighted by atomic mass is 9.84. The molecule has 1 aromatic heterocycles. The van der Waals surface area contributed by atoms with Crippen molar-refractivity contribution in [3.63, 3.8) is 0 Å². The molecule has 0 radical (unpaired) electrons. The Bertz CT molecular complexity index is 1180. The average Bonchev–Trinajstić information content (AvgIpc) is 3.51. The van der Waals surface area contributed by atoms with Crippen molar-refractivity contribution in [3.05, 3.63) is 51.8 Å². The van der Waals surface area contributed by atoms with Gasteiger partial charge in [0, 0.05) is 24.3 Å². The van der Waals surface area contributed by atoms with Crippen LogP contribution in [0.2, 0.25) is 0 Å². The van der Waals surface area contributed by atoms with Crippen molar-refractivity contribution in [3.8, 4) is 5.06 Å². The van der Waals surface area contributed by atoms with E-state index in [4.69, 9.17) is 14.2 Å². The number of nitrogens with one attached hydrogen (secondary N) is 2. The minimum absolute atomic E-state index is 0.0563. The smallest absolute Gasteiger partial charge is 0.399 e. The first-order chi connectivity index (χ1) is 16.3. The number of thiophene rings is 1. The third-order valence-corrected chi connectivity index (χ3v) is 7.54. The van der Waals surface area contributed by atoms with Gasteiger partial charge in [0.2, 0.25) is 0 Å². The number of nitrogens with zero attached hydrogens (tertiary/aromatic N) is 1. The predicted octanol–water partition coefficient (Wildman–Crippen LogP) is 3.38. The summed E-state index contributed by atoms with van der Waals surface area (Å²) in [5.41, 5.74) is 0.853. The number of ether oxygens (including phenoxy) is 3. The molecule has 178 valence electrons. The molecule has 0 aliphatic carbocycles. The highest BCUT2D eigenvalue weighted by Crippen LogP contribution is 2.39. The molecule has 3 aliphatic heterocycles. The van der Waals surface area contributed by atoms with Crippen LogP contribution in [-0.2, 0) is 19.1 Å². The molecule has 2 saturated heterocycles. The van der Waals surface area contributed by atoms with Gasteiger partial charge in [0.1, 0.15) is 12.7 Å². The second-order valence-electron chi connectivity index (χ2n) is 8.28. The van der Waals surface area contributed by atoms with E-state index in [0.717, 1.165) is 15.0 Å². The maximum atomic E-state index is 13.5. The molecular formula is C23H22BrN3O6S. The number of morpholine rings is 1. The van der Waals surface area contributed by atoms with E-state index >= 15 is 0 Å². The Kier molecular flexibility index (Phi) is 6.19. The average molecular weight is 548 g/mol. The number of amides is 3. The van der Waals surface area contributed by atoms with Crippen LogP contribution < -0.4 is 20.3 Å². The monoisotopic (exact) mass is 547 g/mol. The van der Waals surface area contributed by atoms with Crippen molar-refractivity contribution in [1.29, 1.82) is 0 Å². The van der Waals surface area contributed by atoms with Gasteiger partial charge in [-0.3, -0.25) is 9.59 Å². The Morgan fingerprint density at radius 2 is 2.12 bits per heavy atom. The van der Waals surface area contributed by atoms with Gasteiger partial charge in [0.25, 0.3) is 11.8 Å². The Labute approximate surface area is 208 Å². The van der Waals surface area contributed by atoms with E-state index in [2.05, 4.69) is 26.6 Å². The van der Waals surface area contributed by atoms with E-state index in [-0.39, 0.29) is 18.6 Å². The second-order valence-corrected chi connectivity index (χ2v) is 10.7. The third kappa shape index (κ3) is 4.36. The van der Waals surface area contributed by atoms with Crippen molar-refractivity contribution in [2.45, 2.75) is 31.1 Å². The molecule has 5 rings (SSSR count). The molecule has 2 aromatic rings. The number of carbonyl (C=O) groups is 3. The topological polar surface area (TPSA) is 106 Å². The van der Waals surface area contributed by atoms with E-state index < -0.39 is 23.6 Å². The summed E-state index contributed by atoms with van der Waals surface area (Å²) in [6.45, 7) is 2.89. The SMILES string of the molecule is Cc1cc(NC(=O)C2(NC(=O)Oc3ccc(Br)s3)CC3C=CC2O3)ccc1N1CCOCC1=O. The number of fused-ring (bicyclic) bond motifs is 2. The molecule has 1 aromatic carbocycles. The fraction of sp³-hybridized carbons (Fsp3) is 0.348. The standard InChI is InChI=1S/C23H22BrN3O6S/c1-13-10-14(2-4-16(13)27-8-9-31-12-19(27)28)25-21(29)23(11-15-3-5-17(23)32-15)26-22(30)33-20-7-6-18(24)34-20/h2-7,10,15,17H,8-9,11-12H2,1H3,(H,25,29)(H,26,30). The van der Waals surface area contributed by atoms with Gasteiger partial charge < -0.3 is 29.7 Å². The fourth-order valence-corrected chi connectivity index (χ4v) is 5.63. The van der Waals surface area contributed by atoms with E-state index in [1.54, 1.807) is 41.3 Å². The Balaban J connectivity index is 1.33. The highest BCUT2D eigenvalue weighted by molar-refractivity contribution is 9.11. The highest BCUT2D eigenvalue weighted by atomic mass is 79.9. The summed E-state index contributed by atoms with van der Waals surface area (Å²) in [6.07, 6.45) is 2.37. The Hall–Kier alpha value is -2.73. The molecule has 2 N–H and O–H groups in total. The van der Waals surface area contributed by atoms with Crippen molar-refractivity contribution < 1.29 is 28.6 Å². The zero-order valence-corrected chi connectivity index (χ0v) is 20.6.